The largest absolute Gasteiger partial charge is 0.266 e. The highest BCUT2D eigenvalue weighted by atomic mass is 79.9. The van der Waals surface area contributed by atoms with Crippen molar-refractivity contribution in [2.24, 2.45) is 0 Å². The lowest BCUT2D eigenvalue weighted by Crippen LogP contribution is -1.93. The number of hydrogen-bond acceptors (Lipinski definition) is 1. The molecule has 1 rings (SSSR count). The van der Waals surface area contributed by atoms with E-state index < -0.39 is 17.8 Å². The average molecular weight is 250 g/mol. The van der Waals surface area contributed by atoms with Crippen molar-refractivity contribution >= 4 is 15.9 Å². The smallest absolute Gasteiger partial charge is 0.207 e. The van der Waals surface area contributed by atoms with E-state index in [2.05, 4.69) is 15.9 Å². The maximum atomic E-state index is 12.6. The summed E-state index contributed by atoms with van der Waals surface area (Å²) < 4.78 is 37.2. The third kappa shape index (κ3) is 2.01. The Morgan fingerprint density at radius 3 is 2.46 bits per heavy atom. The third-order valence-corrected chi connectivity index (χ3v) is 2.09. The molecular weight excluding hydrogens is 247 g/mol. The van der Waals surface area contributed by atoms with Gasteiger partial charge in [0.25, 0.3) is 6.43 Å². The van der Waals surface area contributed by atoms with Crippen LogP contribution in [-0.2, 0) is 0 Å². The van der Waals surface area contributed by atoms with Gasteiger partial charge in [-0.05, 0) is 12.1 Å². The molecule has 0 fully saturated rings. The molecule has 0 spiro atoms. The van der Waals surface area contributed by atoms with E-state index in [1.165, 1.54) is 6.07 Å². The fourth-order valence-corrected chi connectivity index (χ4v) is 1.50. The monoisotopic (exact) mass is 249 g/mol. The normalized spacial score (nSPS) is 10.2. The van der Waals surface area contributed by atoms with Crippen molar-refractivity contribution in [3.8, 4) is 6.07 Å². The molecule has 68 valence electrons. The zero-order valence-electron chi connectivity index (χ0n) is 6.19. The Labute approximate surface area is 80.9 Å². The average Bonchev–Trinajstić information content (AvgIpc) is 2.01. The zero-order valence-corrected chi connectivity index (χ0v) is 7.78. The first kappa shape index (κ1) is 10.1. The van der Waals surface area contributed by atoms with Gasteiger partial charge in [-0.2, -0.15) is 5.26 Å². The molecule has 0 heterocycles. The van der Waals surface area contributed by atoms with Crippen LogP contribution in [0.25, 0.3) is 0 Å². The summed E-state index contributed by atoms with van der Waals surface area (Å²) in [5.41, 5.74) is -0.814. The zero-order chi connectivity index (χ0) is 10.0. The van der Waals surface area contributed by atoms with Gasteiger partial charge in [-0.1, -0.05) is 15.9 Å². The lowest BCUT2D eigenvalue weighted by molar-refractivity contribution is 0.150. The van der Waals surface area contributed by atoms with Crippen molar-refractivity contribution in [3.05, 3.63) is 33.5 Å². The van der Waals surface area contributed by atoms with E-state index in [1.54, 1.807) is 0 Å². The number of hydrogen-bond donors (Lipinski definition) is 0. The summed E-state index contributed by atoms with van der Waals surface area (Å²) in [4.78, 5) is 0. The molecule has 1 aromatic carbocycles. The molecule has 0 saturated heterocycles. The Morgan fingerprint density at radius 2 is 2.00 bits per heavy atom. The van der Waals surface area contributed by atoms with Gasteiger partial charge in [-0.3, -0.25) is 0 Å². The minimum Gasteiger partial charge on any atom is -0.207 e. The summed E-state index contributed by atoms with van der Waals surface area (Å²) in [5.74, 6) is -0.715. The Morgan fingerprint density at radius 1 is 1.38 bits per heavy atom. The summed E-state index contributed by atoms with van der Waals surface area (Å²) in [7, 11) is 0. The molecule has 0 aromatic heterocycles. The summed E-state index contributed by atoms with van der Waals surface area (Å²) in [6, 6.07) is 3.20. The first-order valence-corrected chi connectivity index (χ1v) is 4.02. The molecule has 0 bridgehead atoms. The maximum absolute atomic E-state index is 12.6. The van der Waals surface area contributed by atoms with Crippen molar-refractivity contribution in [1.82, 2.24) is 0 Å². The van der Waals surface area contributed by atoms with Crippen LogP contribution in [0.4, 0.5) is 13.2 Å². The molecule has 0 amide bonds. The Balaban J connectivity index is 3.41. The van der Waals surface area contributed by atoms with Crippen LogP contribution in [0.1, 0.15) is 17.6 Å². The van der Waals surface area contributed by atoms with E-state index in [4.69, 9.17) is 5.26 Å². The number of nitriles is 1. The Kier molecular flexibility index (Phi) is 2.94. The minimum atomic E-state index is -2.79. The van der Waals surface area contributed by atoms with Gasteiger partial charge in [-0.25, -0.2) is 13.2 Å². The Hall–Kier alpha value is -1.02. The molecule has 5 heteroatoms. The molecule has 1 nitrogen and oxygen atoms in total. The minimum absolute atomic E-state index is 0.0842. The van der Waals surface area contributed by atoms with Crippen LogP contribution in [0.3, 0.4) is 0 Å². The molecular formula is C8H3BrF3N. The summed E-state index contributed by atoms with van der Waals surface area (Å²) in [6.45, 7) is 0. The quantitative estimate of drug-likeness (QED) is 0.749. The second kappa shape index (κ2) is 3.79. The third-order valence-electron chi connectivity index (χ3n) is 1.43. The topological polar surface area (TPSA) is 23.8 Å². The SMILES string of the molecule is N#Cc1cc(F)cc(Br)c1C(F)F. The van der Waals surface area contributed by atoms with E-state index in [0.717, 1.165) is 12.1 Å². The van der Waals surface area contributed by atoms with Crippen molar-refractivity contribution < 1.29 is 13.2 Å². The maximum Gasteiger partial charge on any atom is 0.266 e. The van der Waals surface area contributed by atoms with Gasteiger partial charge >= 0.3 is 0 Å². The molecule has 0 aliphatic rings. The van der Waals surface area contributed by atoms with Gasteiger partial charge < -0.3 is 0 Å². The van der Waals surface area contributed by atoms with Crippen molar-refractivity contribution in [2.75, 3.05) is 0 Å². The lowest BCUT2D eigenvalue weighted by Gasteiger charge is -2.04. The molecule has 0 saturated carbocycles. The predicted octanol–water partition coefficient (Wildman–Crippen LogP) is 3.40. The second-order valence-electron chi connectivity index (χ2n) is 2.26. The van der Waals surface area contributed by atoms with E-state index in [-0.39, 0.29) is 10.0 Å². The number of benzene rings is 1. The van der Waals surface area contributed by atoms with Crippen LogP contribution in [0.5, 0.6) is 0 Å². The van der Waals surface area contributed by atoms with Gasteiger partial charge in [-0.15, -0.1) is 0 Å². The molecule has 0 unspecified atom stereocenters. The highest BCUT2D eigenvalue weighted by Gasteiger charge is 2.17. The van der Waals surface area contributed by atoms with Crippen LogP contribution in [-0.4, -0.2) is 0 Å². The summed E-state index contributed by atoms with van der Waals surface area (Å²) in [6.07, 6.45) is -2.79. The van der Waals surface area contributed by atoms with Gasteiger partial charge in [0.2, 0.25) is 0 Å². The van der Waals surface area contributed by atoms with E-state index in [9.17, 15) is 13.2 Å². The molecule has 0 N–H and O–H groups in total. The standard InChI is InChI=1S/C8H3BrF3N/c9-6-2-5(10)1-4(3-13)7(6)8(11)12/h1-2,8H. The van der Waals surface area contributed by atoms with Crippen LogP contribution in [0, 0.1) is 17.1 Å². The molecule has 13 heavy (non-hydrogen) atoms. The van der Waals surface area contributed by atoms with Crippen LogP contribution >= 0.6 is 15.9 Å². The van der Waals surface area contributed by atoms with Gasteiger partial charge in [0.15, 0.2) is 0 Å². The van der Waals surface area contributed by atoms with Crippen LogP contribution in [0.2, 0.25) is 0 Å². The molecule has 1 aromatic rings. The first-order chi connectivity index (χ1) is 6.06. The fraction of sp³-hybridized carbons (Fsp3) is 0.125. The fourth-order valence-electron chi connectivity index (χ4n) is 0.899. The lowest BCUT2D eigenvalue weighted by atomic mass is 10.1. The van der Waals surface area contributed by atoms with E-state index >= 15 is 0 Å². The van der Waals surface area contributed by atoms with Gasteiger partial charge in [0, 0.05) is 10.0 Å². The van der Waals surface area contributed by atoms with E-state index in [0.29, 0.717) is 0 Å². The summed E-state index contributed by atoms with van der Waals surface area (Å²) >= 11 is 2.77. The Bertz CT molecular complexity index is 370. The van der Waals surface area contributed by atoms with Gasteiger partial charge in [0.1, 0.15) is 5.82 Å². The van der Waals surface area contributed by atoms with Crippen molar-refractivity contribution in [2.45, 2.75) is 6.43 Å². The molecule has 0 radical (unpaired) electrons. The molecule has 0 atom stereocenters. The van der Waals surface area contributed by atoms with E-state index in [1.807, 2.05) is 0 Å². The van der Waals surface area contributed by atoms with Gasteiger partial charge in [0.05, 0.1) is 11.6 Å². The second-order valence-corrected chi connectivity index (χ2v) is 3.12. The van der Waals surface area contributed by atoms with Crippen molar-refractivity contribution in [3.63, 3.8) is 0 Å². The number of halogens is 4. The number of rotatable bonds is 1. The number of alkyl halides is 2. The van der Waals surface area contributed by atoms with Crippen molar-refractivity contribution in [1.29, 1.82) is 5.26 Å². The van der Waals surface area contributed by atoms with Crippen LogP contribution < -0.4 is 0 Å². The molecule has 0 aliphatic carbocycles. The highest BCUT2D eigenvalue weighted by Crippen LogP contribution is 2.30. The summed E-state index contributed by atoms with van der Waals surface area (Å²) in [5, 5.41) is 8.45. The molecule has 0 aliphatic heterocycles. The predicted molar refractivity (Wildman–Crippen MR) is 43.8 cm³/mol. The van der Waals surface area contributed by atoms with Crippen LogP contribution in [0.15, 0.2) is 16.6 Å². The number of nitrogens with zero attached hydrogens (tertiary/aromatic N) is 1. The highest BCUT2D eigenvalue weighted by molar-refractivity contribution is 9.10. The first-order valence-electron chi connectivity index (χ1n) is 3.23.